The second-order valence-corrected chi connectivity index (χ2v) is 8.10. The number of rotatable bonds is 3. The van der Waals surface area contributed by atoms with Gasteiger partial charge in [-0.3, -0.25) is 0 Å². The highest BCUT2D eigenvalue weighted by atomic mass is 35.5. The van der Waals surface area contributed by atoms with Crippen LogP contribution >= 0.6 is 11.6 Å². The number of sulfonamides is 1. The van der Waals surface area contributed by atoms with Crippen LogP contribution in [0.15, 0.2) is 47.4 Å². The Morgan fingerprint density at radius 1 is 1.08 bits per heavy atom. The van der Waals surface area contributed by atoms with Crippen LogP contribution in [0.2, 0.25) is 5.02 Å². The molecule has 8 heteroatoms. The van der Waals surface area contributed by atoms with E-state index < -0.39 is 16.1 Å². The summed E-state index contributed by atoms with van der Waals surface area (Å²) in [5.74, 6) is 0.992. The third-order valence-electron chi connectivity index (χ3n) is 4.26. The van der Waals surface area contributed by atoms with Crippen molar-refractivity contribution in [2.24, 2.45) is 0 Å². The number of morpholine rings is 1. The minimum Gasteiger partial charge on any atom is -0.454 e. The van der Waals surface area contributed by atoms with E-state index in [0.29, 0.717) is 23.1 Å². The van der Waals surface area contributed by atoms with E-state index in [2.05, 4.69) is 0 Å². The number of hydrogen-bond donors (Lipinski definition) is 0. The standard InChI is InChI=1S/C17H16ClNO5S/c18-14-4-2-1-3-13(14)17-10-19(7-8-22-17)25(20,21)12-5-6-15-16(9-12)24-11-23-15/h1-6,9,17H,7-8,10-11H2. The second kappa shape index (κ2) is 6.49. The fourth-order valence-corrected chi connectivity index (χ4v) is 4.65. The van der Waals surface area contributed by atoms with E-state index in [9.17, 15) is 8.42 Å². The van der Waals surface area contributed by atoms with Crippen molar-refractivity contribution in [2.45, 2.75) is 11.0 Å². The third kappa shape index (κ3) is 3.08. The van der Waals surface area contributed by atoms with Crippen LogP contribution < -0.4 is 9.47 Å². The van der Waals surface area contributed by atoms with Gasteiger partial charge in [0.1, 0.15) is 0 Å². The quantitative estimate of drug-likeness (QED) is 0.818. The monoisotopic (exact) mass is 381 g/mol. The van der Waals surface area contributed by atoms with Gasteiger partial charge in [0, 0.05) is 29.7 Å². The van der Waals surface area contributed by atoms with Gasteiger partial charge in [0.15, 0.2) is 11.5 Å². The smallest absolute Gasteiger partial charge is 0.243 e. The van der Waals surface area contributed by atoms with Crippen LogP contribution in [0.4, 0.5) is 0 Å². The molecule has 0 bridgehead atoms. The molecule has 2 aliphatic heterocycles. The fourth-order valence-electron chi connectivity index (χ4n) is 2.95. The van der Waals surface area contributed by atoms with Gasteiger partial charge >= 0.3 is 0 Å². The molecule has 0 spiro atoms. The minimum absolute atomic E-state index is 0.102. The number of fused-ring (bicyclic) bond motifs is 1. The van der Waals surface area contributed by atoms with E-state index >= 15 is 0 Å². The summed E-state index contributed by atoms with van der Waals surface area (Å²) in [6, 6.07) is 11.9. The van der Waals surface area contributed by atoms with Crippen LogP contribution in [-0.4, -0.2) is 39.2 Å². The molecule has 0 saturated carbocycles. The summed E-state index contributed by atoms with van der Waals surface area (Å²) in [6.07, 6.45) is -0.397. The fraction of sp³-hybridized carbons (Fsp3) is 0.294. The highest BCUT2D eigenvalue weighted by molar-refractivity contribution is 7.89. The van der Waals surface area contributed by atoms with Gasteiger partial charge in [0.2, 0.25) is 16.8 Å². The molecule has 0 N–H and O–H groups in total. The first-order valence-electron chi connectivity index (χ1n) is 7.81. The maximum absolute atomic E-state index is 13.0. The van der Waals surface area contributed by atoms with Crippen molar-refractivity contribution in [1.82, 2.24) is 4.31 Å². The lowest BCUT2D eigenvalue weighted by Gasteiger charge is -2.32. The molecule has 0 radical (unpaired) electrons. The third-order valence-corrected chi connectivity index (χ3v) is 6.47. The molecule has 0 amide bonds. The molecular formula is C17H16ClNO5S. The lowest BCUT2D eigenvalue weighted by Crippen LogP contribution is -2.42. The van der Waals surface area contributed by atoms with E-state index in [4.69, 9.17) is 25.8 Å². The Balaban J connectivity index is 1.61. The zero-order chi connectivity index (χ0) is 17.4. The summed E-state index contributed by atoms with van der Waals surface area (Å²) in [5, 5.41) is 0.565. The van der Waals surface area contributed by atoms with Gasteiger partial charge in [-0.1, -0.05) is 29.8 Å². The molecule has 1 fully saturated rings. The van der Waals surface area contributed by atoms with Gasteiger partial charge in [0.05, 0.1) is 17.6 Å². The molecule has 132 valence electrons. The average Bonchev–Trinajstić information content (AvgIpc) is 3.10. The number of nitrogens with zero attached hydrogens (tertiary/aromatic N) is 1. The summed E-state index contributed by atoms with van der Waals surface area (Å²) < 4.78 is 43.7. The predicted molar refractivity (Wildman–Crippen MR) is 91.5 cm³/mol. The summed E-state index contributed by atoms with van der Waals surface area (Å²) in [6.45, 7) is 0.906. The van der Waals surface area contributed by atoms with Crippen LogP contribution in [0, 0.1) is 0 Å². The molecule has 4 rings (SSSR count). The molecule has 25 heavy (non-hydrogen) atoms. The van der Waals surface area contributed by atoms with Crippen LogP contribution in [-0.2, 0) is 14.8 Å². The van der Waals surface area contributed by atoms with Crippen molar-refractivity contribution < 1.29 is 22.6 Å². The van der Waals surface area contributed by atoms with Gasteiger partial charge in [-0.25, -0.2) is 8.42 Å². The Labute approximate surface area is 150 Å². The molecule has 2 aromatic rings. The number of halogens is 1. The molecule has 0 aromatic heterocycles. The summed E-state index contributed by atoms with van der Waals surface area (Å²) in [7, 11) is -3.66. The topological polar surface area (TPSA) is 65.1 Å². The van der Waals surface area contributed by atoms with Gasteiger partial charge in [0.25, 0.3) is 0 Å². The summed E-state index contributed by atoms with van der Waals surface area (Å²) >= 11 is 6.22. The maximum Gasteiger partial charge on any atom is 0.243 e. The van der Waals surface area contributed by atoms with E-state index in [1.165, 1.54) is 16.4 Å². The zero-order valence-corrected chi connectivity index (χ0v) is 14.8. The lowest BCUT2D eigenvalue weighted by molar-refractivity contribution is -0.00250. The lowest BCUT2D eigenvalue weighted by atomic mass is 10.1. The maximum atomic E-state index is 13.0. The first kappa shape index (κ1) is 16.7. The van der Waals surface area contributed by atoms with Crippen LogP contribution in [0.3, 0.4) is 0 Å². The molecule has 1 unspecified atom stereocenters. The van der Waals surface area contributed by atoms with Crippen molar-refractivity contribution in [3.8, 4) is 11.5 Å². The molecule has 1 atom stereocenters. The van der Waals surface area contributed by atoms with Crippen LogP contribution in [0.25, 0.3) is 0 Å². The van der Waals surface area contributed by atoms with Crippen molar-refractivity contribution in [1.29, 1.82) is 0 Å². The molecular weight excluding hydrogens is 366 g/mol. The number of ether oxygens (including phenoxy) is 3. The second-order valence-electron chi connectivity index (χ2n) is 5.76. The molecule has 2 heterocycles. The highest BCUT2D eigenvalue weighted by Crippen LogP contribution is 2.36. The largest absolute Gasteiger partial charge is 0.454 e. The predicted octanol–water partition coefficient (Wildman–Crippen LogP) is 2.83. The molecule has 2 aliphatic rings. The molecule has 1 saturated heterocycles. The SMILES string of the molecule is O=S(=O)(c1ccc2c(c1)OCO2)N1CCOC(c2ccccc2Cl)C1. The first-order valence-corrected chi connectivity index (χ1v) is 9.63. The summed E-state index contributed by atoms with van der Waals surface area (Å²) in [5.41, 5.74) is 0.787. The van der Waals surface area contributed by atoms with E-state index in [1.807, 2.05) is 18.2 Å². The average molecular weight is 382 g/mol. The van der Waals surface area contributed by atoms with Crippen LogP contribution in [0.5, 0.6) is 11.5 Å². The van der Waals surface area contributed by atoms with Gasteiger partial charge in [-0.2, -0.15) is 4.31 Å². The van der Waals surface area contributed by atoms with Gasteiger partial charge in [-0.05, 0) is 18.2 Å². The van der Waals surface area contributed by atoms with Gasteiger partial charge < -0.3 is 14.2 Å². The first-order chi connectivity index (χ1) is 12.1. The zero-order valence-electron chi connectivity index (χ0n) is 13.2. The van der Waals surface area contributed by atoms with Crippen molar-refractivity contribution in [3.63, 3.8) is 0 Å². The Morgan fingerprint density at radius 2 is 1.88 bits per heavy atom. The molecule has 0 aliphatic carbocycles. The number of hydrogen-bond acceptors (Lipinski definition) is 5. The van der Waals surface area contributed by atoms with E-state index in [-0.39, 0.29) is 24.8 Å². The van der Waals surface area contributed by atoms with Crippen molar-refractivity contribution in [2.75, 3.05) is 26.5 Å². The van der Waals surface area contributed by atoms with E-state index in [1.54, 1.807) is 12.1 Å². The van der Waals surface area contributed by atoms with Crippen molar-refractivity contribution >= 4 is 21.6 Å². The van der Waals surface area contributed by atoms with Gasteiger partial charge in [-0.15, -0.1) is 0 Å². The van der Waals surface area contributed by atoms with E-state index in [0.717, 1.165) is 5.56 Å². The normalized spacial score (nSPS) is 20.6. The van der Waals surface area contributed by atoms with Crippen LogP contribution in [0.1, 0.15) is 11.7 Å². The Morgan fingerprint density at radius 3 is 2.72 bits per heavy atom. The minimum atomic E-state index is -3.66. The molecule has 2 aromatic carbocycles. The highest BCUT2D eigenvalue weighted by Gasteiger charge is 2.33. The Kier molecular flexibility index (Phi) is 4.33. The Hall–Kier alpha value is -1.80. The van der Waals surface area contributed by atoms with Crippen molar-refractivity contribution in [3.05, 3.63) is 53.1 Å². The molecule has 6 nitrogen and oxygen atoms in total. The summed E-state index contributed by atoms with van der Waals surface area (Å²) in [4.78, 5) is 0.177. The Bertz CT molecular complexity index is 902. The number of benzene rings is 2.